The molecule has 0 aliphatic heterocycles. The first-order valence-corrected chi connectivity index (χ1v) is 9.78. The standard InChI is InChI=1S/C20H16N4O2S/c1-13-5-6-15(12-23-13)17-9-10-22-19-8-7-18(24-20(17)19)14-3-2-4-16(11-14)27(21,25)26/h2-12H,1H3,(H2,21,25,26). The molecule has 0 radical (unpaired) electrons. The van der Waals surface area contributed by atoms with Gasteiger partial charge in [0, 0.05) is 34.8 Å². The van der Waals surface area contributed by atoms with Crippen molar-refractivity contribution in [1.82, 2.24) is 15.0 Å². The van der Waals surface area contributed by atoms with Crippen LogP contribution in [0.2, 0.25) is 0 Å². The van der Waals surface area contributed by atoms with Gasteiger partial charge in [-0.2, -0.15) is 0 Å². The summed E-state index contributed by atoms with van der Waals surface area (Å²) >= 11 is 0. The molecular weight excluding hydrogens is 360 g/mol. The van der Waals surface area contributed by atoms with Crippen molar-refractivity contribution in [2.24, 2.45) is 5.14 Å². The van der Waals surface area contributed by atoms with E-state index in [1.165, 1.54) is 12.1 Å². The lowest BCUT2D eigenvalue weighted by Gasteiger charge is -2.09. The zero-order valence-corrected chi connectivity index (χ0v) is 15.3. The molecule has 1 aromatic carbocycles. The number of benzene rings is 1. The number of fused-ring (bicyclic) bond motifs is 1. The summed E-state index contributed by atoms with van der Waals surface area (Å²) < 4.78 is 23.3. The monoisotopic (exact) mass is 376 g/mol. The highest BCUT2D eigenvalue weighted by atomic mass is 32.2. The van der Waals surface area contributed by atoms with Crippen molar-refractivity contribution in [2.45, 2.75) is 11.8 Å². The normalized spacial score (nSPS) is 11.6. The summed E-state index contributed by atoms with van der Waals surface area (Å²) in [5.74, 6) is 0. The van der Waals surface area contributed by atoms with E-state index in [-0.39, 0.29) is 4.90 Å². The molecule has 134 valence electrons. The van der Waals surface area contributed by atoms with Crippen LogP contribution in [0.15, 0.2) is 71.9 Å². The molecule has 27 heavy (non-hydrogen) atoms. The first-order valence-electron chi connectivity index (χ1n) is 8.24. The van der Waals surface area contributed by atoms with Gasteiger partial charge in [0.2, 0.25) is 10.0 Å². The summed E-state index contributed by atoms with van der Waals surface area (Å²) in [5.41, 5.74) is 5.57. The number of hydrogen-bond acceptors (Lipinski definition) is 5. The SMILES string of the molecule is Cc1ccc(-c2ccnc3ccc(-c4cccc(S(N)(=O)=O)c4)nc23)cn1. The molecular formula is C20H16N4O2S. The van der Waals surface area contributed by atoms with Crippen LogP contribution < -0.4 is 5.14 Å². The van der Waals surface area contributed by atoms with Crippen LogP contribution in [0, 0.1) is 6.92 Å². The quantitative estimate of drug-likeness (QED) is 0.591. The molecule has 0 bridgehead atoms. The molecule has 6 nitrogen and oxygen atoms in total. The molecule has 3 aromatic heterocycles. The molecule has 7 heteroatoms. The molecule has 4 rings (SSSR count). The van der Waals surface area contributed by atoms with Crippen LogP contribution in [0.25, 0.3) is 33.4 Å². The third kappa shape index (κ3) is 3.42. The summed E-state index contributed by atoms with van der Waals surface area (Å²) in [6.07, 6.45) is 3.54. The van der Waals surface area contributed by atoms with Gasteiger partial charge < -0.3 is 0 Å². The van der Waals surface area contributed by atoms with Crippen LogP contribution in [-0.4, -0.2) is 23.4 Å². The van der Waals surface area contributed by atoms with Gasteiger partial charge in [0.1, 0.15) is 0 Å². The number of aromatic nitrogens is 3. The highest BCUT2D eigenvalue weighted by Gasteiger charge is 2.12. The first kappa shape index (κ1) is 17.3. The van der Waals surface area contributed by atoms with Crippen molar-refractivity contribution < 1.29 is 8.42 Å². The second kappa shape index (κ2) is 6.53. The van der Waals surface area contributed by atoms with Crippen LogP contribution in [-0.2, 0) is 10.0 Å². The number of nitrogens with zero attached hydrogens (tertiary/aromatic N) is 3. The van der Waals surface area contributed by atoms with E-state index in [4.69, 9.17) is 10.1 Å². The van der Waals surface area contributed by atoms with E-state index in [2.05, 4.69) is 9.97 Å². The molecule has 0 saturated carbocycles. The number of pyridine rings is 3. The maximum atomic E-state index is 11.6. The molecule has 0 aliphatic rings. The van der Waals surface area contributed by atoms with Crippen molar-refractivity contribution in [1.29, 1.82) is 0 Å². The van der Waals surface area contributed by atoms with Crippen LogP contribution >= 0.6 is 0 Å². The van der Waals surface area contributed by atoms with Crippen LogP contribution in [0.4, 0.5) is 0 Å². The molecule has 0 atom stereocenters. The minimum atomic E-state index is -3.78. The lowest BCUT2D eigenvalue weighted by Crippen LogP contribution is -2.11. The summed E-state index contributed by atoms with van der Waals surface area (Å²) in [7, 11) is -3.78. The van der Waals surface area contributed by atoms with Crippen LogP contribution in [0.1, 0.15) is 5.69 Å². The van der Waals surface area contributed by atoms with E-state index in [9.17, 15) is 8.42 Å². The fraction of sp³-hybridized carbons (Fsp3) is 0.0500. The topological polar surface area (TPSA) is 98.8 Å². The first-order chi connectivity index (χ1) is 12.9. The lowest BCUT2D eigenvalue weighted by molar-refractivity contribution is 0.598. The van der Waals surface area contributed by atoms with E-state index in [1.807, 2.05) is 37.3 Å². The van der Waals surface area contributed by atoms with E-state index >= 15 is 0 Å². The Balaban J connectivity index is 1.90. The Bertz CT molecular complexity index is 1250. The number of aryl methyl sites for hydroxylation is 1. The Hall–Kier alpha value is -3.16. The third-order valence-electron chi connectivity index (χ3n) is 4.26. The molecule has 3 heterocycles. The van der Waals surface area contributed by atoms with E-state index in [0.717, 1.165) is 27.9 Å². The van der Waals surface area contributed by atoms with Crippen molar-refractivity contribution in [3.63, 3.8) is 0 Å². The predicted molar refractivity (Wildman–Crippen MR) is 104 cm³/mol. The van der Waals surface area contributed by atoms with E-state index in [1.54, 1.807) is 24.5 Å². The minimum Gasteiger partial charge on any atom is -0.261 e. The molecule has 0 spiro atoms. The smallest absolute Gasteiger partial charge is 0.238 e. The second-order valence-corrected chi connectivity index (χ2v) is 7.75. The molecule has 4 aromatic rings. The highest BCUT2D eigenvalue weighted by Crippen LogP contribution is 2.28. The van der Waals surface area contributed by atoms with Crippen LogP contribution in [0.3, 0.4) is 0 Å². The zero-order valence-electron chi connectivity index (χ0n) is 14.5. The lowest BCUT2D eigenvalue weighted by atomic mass is 10.1. The van der Waals surface area contributed by atoms with Gasteiger partial charge in [0.25, 0.3) is 0 Å². The Labute approximate surface area is 156 Å². The fourth-order valence-electron chi connectivity index (χ4n) is 2.88. The average Bonchev–Trinajstić information content (AvgIpc) is 2.67. The summed E-state index contributed by atoms with van der Waals surface area (Å²) in [6, 6.07) is 15.9. The molecule has 0 fully saturated rings. The molecule has 0 aliphatic carbocycles. The molecule has 0 saturated heterocycles. The maximum Gasteiger partial charge on any atom is 0.238 e. The zero-order chi connectivity index (χ0) is 19.0. The number of sulfonamides is 1. The van der Waals surface area contributed by atoms with Gasteiger partial charge in [-0.1, -0.05) is 18.2 Å². The average molecular weight is 376 g/mol. The minimum absolute atomic E-state index is 0.0519. The van der Waals surface area contributed by atoms with Gasteiger partial charge in [0.05, 0.1) is 21.6 Å². The van der Waals surface area contributed by atoms with Gasteiger partial charge >= 0.3 is 0 Å². The summed E-state index contributed by atoms with van der Waals surface area (Å²) in [5, 5.41) is 5.24. The van der Waals surface area contributed by atoms with Gasteiger partial charge in [-0.05, 0) is 43.3 Å². The number of hydrogen-bond donors (Lipinski definition) is 1. The molecule has 0 amide bonds. The van der Waals surface area contributed by atoms with Gasteiger partial charge in [-0.3, -0.25) is 9.97 Å². The Morgan fingerprint density at radius 3 is 2.52 bits per heavy atom. The Morgan fingerprint density at radius 1 is 0.926 bits per heavy atom. The van der Waals surface area contributed by atoms with Gasteiger partial charge in [-0.25, -0.2) is 18.5 Å². The fourth-order valence-corrected chi connectivity index (χ4v) is 3.44. The van der Waals surface area contributed by atoms with Crippen molar-refractivity contribution in [2.75, 3.05) is 0 Å². The number of primary sulfonamides is 1. The van der Waals surface area contributed by atoms with Gasteiger partial charge in [0.15, 0.2) is 0 Å². The number of nitrogens with two attached hydrogens (primary N) is 1. The molecule has 2 N–H and O–H groups in total. The second-order valence-electron chi connectivity index (χ2n) is 6.18. The largest absolute Gasteiger partial charge is 0.261 e. The van der Waals surface area contributed by atoms with E-state index < -0.39 is 10.0 Å². The summed E-state index contributed by atoms with van der Waals surface area (Å²) in [6.45, 7) is 1.93. The van der Waals surface area contributed by atoms with Gasteiger partial charge in [-0.15, -0.1) is 0 Å². The predicted octanol–water partition coefficient (Wildman–Crippen LogP) is 3.31. The Kier molecular flexibility index (Phi) is 4.18. The van der Waals surface area contributed by atoms with Crippen molar-refractivity contribution >= 4 is 21.1 Å². The maximum absolute atomic E-state index is 11.6. The Morgan fingerprint density at radius 2 is 1.78 bits per heavy atom. The third-order valence-corrected chi connectivity index (χ3v) is 5.18. The highest BCUT2D eigenvalue weighted by molar-refractivity contribution is 7.89. The number of rotatable bonds is 3. The van der Waals surface area contributed by atoms with Crippen LogP contribution in [0.5, 0.6) is 0 Å². The summed E-state index contributed by atoms with van der Waals surface area (Å²) in [4.78, 5) is 13.5. The van der Waals surface area contributed by atoms with E-state index in [0.29, 0.717) is 11.3 Å². The van der Waals surface area contributed by atoms with Crippen molar-refractivity contribution in [3.8, 4) is 22.4 Å². The van der Waals surface area contributed by atoms with Crippen molar-refractivity contribution in [3.05, 3.63) is 72.7 Å². The molecule has 0 unspecified atom stereocenters.